The number of halogens is 1. The summed E-state index contributed by atoms with van der Waals surface area (Å²) in [5.41, 5.74) is 7.43. The van der Waals surface area contributed by atoms with Gasteiger partial charge in [0.15, 0.2) is 0 Å². The summed E-state index contributed by atoms with van der Waals surface area (Å²) in [6, 6.07) is 12.1. The fourth-order valence-electron chi connectivity index (χ4n) is 1.58. The summed E-state index contributed by atoms with van der Waals surface area (Å²) in [6.45, 7) is 0. The highest BCUT2D eigenvalue weighted by Crippen LogP contribution is 2.28. The molecule has 0 radical (unpaired) electrons. The van der Waals surface area contributed by atoms with E-state index in [1.807, 2.05) is 6.07 Å². The quantitative estimate of drug-likeness (QED) is 0.853. The number of anilines is 2. The van der Waals surface area contributed by atoms with E-state index in [4.69, 9.17) is 10.5 Å². The van der Waals surface area contributed by atoms with Crippen molar-refractivity contribution in [3.8, 4) is 5.75 Å². The first kappa shape index (κ1) is 13.4. The van der Waals surface area contributed by atoms with Gasteiger partial charge in [0.1, 0.15) is 5.75 Å². The number of hydrogen-bond donors (Lipinski definition) is 2. The molecule has 0 aliphatic rings. The zero-order valence-corrected chi connectivity index (χ0v) is 11.9. The molecule has 4 nitrogen and oxygen atoms in total. The van der Waals surface area contributed by atoms with Crippen LogP contribution in [0.4, 0.5) is 11.4 Å². The Morgan fingerprint density at radius 2 is 1.89 bits per heavy atom. The van der Waals surface area contributed by atoms with Crippen LogP contribution in [-0.4, -0.2) is 13.0 Å². The Bertz CT molecular complexity index is 597. The van der Waals surface area contributed by atoms with Crippen molar-refractivity contribution < 1.29 is 9.53 Å². The average Bonchev–Trinajstić information content (AvgIpc) is 2.41. The minimum atomic E-state index is -0.190. The smallest absolute Gasteiger partial charge is 0.255 e. The Morgan fingerprint density at radius 1 is 1.21 bits per heavy atom. The third kappa shape index (κ3) is 3.26. The summed E-state index contributed by atoms with van der Waals surface area (Å²) in [5, 5.41) is 2.80. The molecule has 5 heteroatoms. The van der Waals surface area contributed by atoms with Crippen LogP contribution < -0.4 is 15.8 Å². The van der Waals surface area contributed by atoms with Gasteiger partial charge in [-0.3, -0.25) is 4.79 Å². The summed E-state index contributed by atoms with van der Waals surface area (Å²) < 4.78 is 6.01. The molecule has 0 unspecified atom stereocenters. The number of hydrogen-bond acceptors (Lipinski definition) is 3. The Morgan fingerprint density at radius 3 is 2.53 bits per heavy atom. The van der Waals surface area contributed by atoms with E-state index in [-0.39, 0.29) is 5.91 Å². The molecular weight excluding hydrogens is 308 g/mol. The van der Waals surface area contributed by atoms with Gasteiger partial charge in [0.25, 0.3) is 5.91 Å². The predicted octanol–water partition coefficient (Wildman–Crippen LogP) is 3.29. The van der Waals surface area contributed by atoms with Gasteiger partial charge >= 0.3 is 0 Å². The third-order valence-corrected chi connectivity index (χ3v) is 3.24. The molecule has 0 spiro atoms. The molecular formula is C14H13BrN2O2. The lowest BCUT2D eigenvalue weighted by Crippen LogP contribution is -2.11. The molecule has 0 aliphatic heterocycles. The summed E-state index contributed by atoms with van der Waals surface area (Å²) in [4.78, 5) is 12.0. The minimum absolute atomic E-state index is 0.190. The van der Waals surface area contributed by atoms with Gasteiger partial charge in [-0.05, 0) is 52.3 Å². The van der Waals surface area contributed by atoms with Crippen molar-refractivity contribution in [3.05, 3.63) is 52.5 Å². The van der Waals surface area contributed by atoms with Gasteiger partial charge in [0.05, 0.1) is 11.6 Å². The van der Waals surface area contributed by atoms with Crippen LogP contribution in [0.25, 0.3) is 0 Å². The maximum atomic E-state index is 12.0. The number of nitrogens with one attached hydrogen (secondary N) is 1. The van der Waals surface area contributed by atoms with Gasteiger partial charge in [-0.2, -0.15) is 0 Å². The molecule has 1 amide bonds. The van der Waals surface area contributed by atoms with E-state index < -0.39 is 0 Å². The first-order chi connectivity index (χ1) is 9.10. The van der Waals surface area contributed by atoms with Crippen molar-refractivity contribution in [2.45, 2.75) is 0 Å². The van der Waals surface area contributed by atoms with Crippen molar-refractivity contribution in [2.75, 3.05) is 18.2 Å². The fraction of sp³-hybridized carbons (Fsp3) is 0.0714. The van der Waals surface area contributed by atoms with Gasteiger partial charge in [0.2, 0.25) is 0 Å². The van der Waals surface area contributed by atoms with Crippen LogP contribution in [0.15, 0.2) is 46.9 Å². The predicted molar refractivity (Wildman–Crippen MR) is 79.5 cm³/mol. The Hall–Kier alpha value is -2.01. The van der Waals surface area contributed by atoms with Crippen LogP contribution in [-0.2, 0) is 0 Å². The van der Waals surface area contributed by atoms with Crippen molar-refractivity contribution >= 4 is 33.2 Å². The van der Waals surface area contributed by atoms with E-state index in [1.54, 1.807) is 43.5 Å². The lowest BCUT2D eigenvalue weighted by molar-refractivity contribution is 0.102. The molecule has 0 bridgehead atoms. The second kappa shape index (κ2) is 5.75. The van der Waals surface area contributed by atoms with Gasteiger partial charge in [-0.15, -0.1) is 0 Å². The molecule has 0 atom stereocenters. The summed E-state index contributed by atoms with van der Waals surface area (Å²) >= 11 is 3.36. The zero-order chi connectivity index (χ0) is 13.8. The number of carbonyl (C=O) groups excluding carboxylic acids is 1. The van der Waals surface area contributed by atoms with Gasteiger partial charge < -0.3 is 15.8 Å². The summed E-state index contributed by atoms with van der Waals surface area (Å²) in [6.07, 6.45) is 0. The van der Waals surface area contributed by atoms with Crippen molar-refractivity contribution in [1.82, 2.24) is 0 Å². The molecule has 0 heterocycles. The van der Waals surface area contributed by atoms with Gasteiger partial charge in [-0.1, -0.05) is 0 Å². The molecule has 0 aliphatic carbocycles. The molecule has 2 aromatic carbocycles. The average molecular weight is 321 g/mol. The molecule has 2 rings (SSSR count). The normalized spacial score (nSPS) is 10.0. The van der Waals surface area contributed by atoms with Crippen LogP contribution in [0, 0.1) is 0 Å². The maximum absolute atomic E-state index is 12.0. The number of nitrogens with two attached hydrogens (primary N) is 1. The molecule has 0 saturated heterocycles. The first-order valence-electron chi connectivity index (χ1n) is 5.60. The standard InChI is InChI=1S/C14H13BrN2O2/c1-19-13-8-11(6-7-12(13)15)17-14(18)9-2-4-10(16)5-3-9/h2-8H,16H2,1H3,(H,17,18). The molecule has 3 N–H and O–H groups in total. The Balaban J connectivity index is 2.17. The van der Waals surface area contributed by atoms with Gasteiger partial charge in [-0.25, -0.2) is 0 Å². The van der Waals surface area contributed by atoms with E-state index in [9.17, 15) is 4.79 Å². The van der Waals surface area contributed by atoms with E-state index in [0.29, 0.717) is 22.7 Å². The molecule has 0 fully saturated rings. The van der Waals surface area contributed by atoms with E-state index in [1.165, 1.54) is 0 Å². The van der Waals surface area contributed by atoms with Crippen molar-refractivity contribution in [2.24, 2.45) is 0 Å². The molecule has 0 aromatic heterocycles. The monoisotopic (exact) mass is 320 g/mol. The van der Waals surface area contributed by atoms with Crippen LogP contribution in [0.5, 0.6) is 5.75 Å². The lowest BCUT2D eigenvalue weighted by Gasteiger charge is -2.08. The van der Waals surface area contributed by atoms with Crippen LogP contribution in [0.3, 0.4) is 0 Å². The largest absolute Gasteiger partial charge is 0.495 e. The van der Waals surface area contributed by atoms with Crippen LogP contribution in [0.2, 0.25) is 0 Å². The first-order valence-corrected chi connectivity index (χ1v) is 6.40. The highest BCUT2D eigenvalue weighted by atomic mass is 79.9. The molecule has 0 saturated carbocycles. The third-order valence-electron chi connectivity index (χ3n) is 2.58. The highest BCUT2D eigenvalue weighted by molar-refractivity contribution is 9.10. The topological polar surface area (TPSA) is 64.3 Å². The number of methoxy groups -OCH3 is 1. The van der Waals surface area contributed by atoms with E-state index >= 15 is 0 Å². The van der Waals surface area contributed by atoms with Crippen LogP contribution in [0.1, 0.15) is 10.4 Å². The summed E-state index contributed by atoms with van der Waals surface area (Å²) in [7, 11) is 1.58. The number of nitrogen functional groups attached to an aromatic ring is 1. The minimum Gasteiger partial charge on any atom is -0.495 e. The van der Waals surface area contributed by atoms with Crippen molar-refractivity contribution in [3.63, 3.8) is 0 Å². The Labute approximate surface area is 119 Å². The van der Waals surface area contributed by atoms with Gasteiger partial charge in [0, 0.05) is 23.0 Å². The second-order valence-corrected chi connectivity index (χ2v) is 4.78. The SMILES string of the molecule is COc1cc(NC(=O)c2ccc(N)cc2)ccc1Br. The number of rotatable bonds is 3. The summed E-state index contributed by atoms with van der Waals surface area (Å²) in [5.74, 6) is 0.472. The number of benzene rings is 2. The number of ether oxygens (including phenoxy) is 1. The van der Waals surface area contributed by atoms with E-state index in [2.05, 4.69) is 21.2 Å². The fourth-order valence-corrected chi connectivity index (χ4v) is 1.98. The van der Waals surface area contributed by atoms with E-state index in [0.717, 1.165) is 4.47 Å². The molecule has 19 heavy (non-hydrogen) atoms. The Kier molecular flexibility index (Phi) is 4.06. The number of amides is 1. The highest BCUT2D eigenvalue weighted by Gasteiger charge is 2.07. The second-order valence-electron chi connectivity index (χ2n) is 3.93. The molecule has 98 valence electrons. The zero-order valence-electron chi connectivity index (χ0n) is 10.3. The molecule has 2 aromatic rings. The van der Waals surface area contributed by atoms with Crippen LogP contribution >= 0.6 is 15.9 Å². The lowest BCUT2D eigenvalue weighted by atomic mass is 10.2. The number of carbonyl (C=O) groups is 1. The van der Waals surface area contributed by atoms with Crippen molar-refractivity contribution in [1.29, 1.82) is 0 Å². The maximum Gasteiger partial charge on any atom is 0.255 e.